The molecular weight excluding hydrogens is 282 g/mol. The quantitative estimate of drug-likeness (QED) is 0.849. The van der Waals surface area contributed by atoms with E-state index in [0.717, 1.165) is 12.1 Å². The molecule has 22 heavy (non-hydrogen) atoms. The lowest BCUT2D eigenvalue weighted by atomic mass is 10.3. The van der Waals surface area contributed by atoms with Crippen LogP contribution in [0.4, 0.5) is 5.82 Å². The minimum Gasteiger partial charge on any atom is -0.476 e. The van der Waals surface area contributed by atoms with Crippen molar-refractivity contribution in [2.75, 3.05) is 11.9 Å². The van der Waals surface area contributed by atoms with Gasteiger partial charge in [0, 0.05) is 19.2 Å². The molecule has 7 nitrogen and oxygen atoms in total. The van der Waals surface area contributed by atoms with Gasteiger partial charge >= 0.3 is 5.97 Å². The standard InChI is InChI=1S/C15H19N5O2/c21-15(22)13-9-18-14(10-17-13)16-7-5-11-6-8-20(19-11)12-3-1-2-4-12/h6,8-10,12H,1-5,7H2,(H,16,18)(H,21,22). The van der Waals surface area contributed by atoms with E-state index in [0.29, 0.717) is 18.4 Å². The molecule has 0 unspecified atom stereocenters. The summed E-state index contributed by atoms with van der Waals surface area (Å²) in [5.74, 6) is -0.503. The van der Waals surface area contributed by atoms with E-state index in [1.807, 2.05) is 0 Å². The summed E-state index contributed by atoms with van der Waals surface area (Å²) >= 11 is 0. The second kappa shape index (κ2) is 6.55. The number of aromatic carboxylic acids is 1. The summed E-state index contributed by atoms with van der Waals surface area (Å²) in [4.78, 5) is 18.5. The monoisotopic (exact) mass is 301 g/mol. The molecule has 0 amide bonds. The topological polar surface area (TPSA) is 92.9 Å². The fourth-order valence-electron chi connectivity index (χ4n) is 2.73. The number of aromatic nitrogens is 4. The fourth-order valence-corrected chi connectivity index (χ4v) is 2.73. The third kappa shape index (κ3) is 3.41. The Hall–Kier alpha value is -2.44. The van der Waals surface area contributed by atoms with Crippen LogP contribution in [0, 0.1) is 0 Å². The predicted octanol–water partition coefficient (Wildman–Crippen LogP) is 2.14. The number of carboxylic acid groups (broad SMARTS) is 1. The number of hydrogen-bond acceptors (Lipinski definition) is 5. The number of anilines is 1. The largest absolute Gasteiger partial charge is 0.476 e. The van der Waals surface area contributed by atoms with Crippen LogP contribution in [0.15, 0.2) is 24.7 Å². The first kappa shape index (κ1) is 14.5. The molecule has 0 radical (unpaired) electrons. The van der Waals surface area contributed by atoms with Crippen LogP contribution in [0.1, 0.15) is 47.9 Å². The fraction of sp³-hybridized carbons (Fsp3) is 0.467. The minimum atomic E-state index is -1.07. The minimum absolute atomic E-state index is 0.0548. The summed E-state index contributed by atoms with van der Waals surface area (Å²) in [5, 5.41) is 16.5. The molecule has 2 heterocycles. The van der Waals surface area contributed by atoms with Crippen LogP contribution < -0.4 is 5.32 Å². The van der Waals surface area contributed by atoms with Crippen molar-refractivity contribution < 1.29 is 9.90 Å². The van der Waals surface area contributed by atoms with Gasteiger partial charge in [-0.1, -0.05) is 12.8 Å². The highest BCUT2D eigenvalue weighted by molar-refractivity contribution is 5.84. The summed E-state index contributed by atoms with van der Waals surface area (Å²) in [6.45, 7) is 0.683. The first-order valence-corrected chi connectivity index (χ1v) is 7.55. The van der Waals surface area contributed by atoms with Gasteiger partial charge in [0.1, 0.15) is 5.82 Å². The van der Waals surface area contributed by atoms with Gasteiger partial charge in [-0.2, -0.15) is 5.10 Å². The molecular formula is C15H19N5O2. The van der Waals surface area contributed by atoms with Gasteiger partial charge in [-0.15, -0.1) is 0 Å². The molecule has 1 fully saturated rings. The Bertz CT molecular complexity index is 632. The molecule has 1 saturated carbocycles. The van der Waals surface area contributed by atoms with Crippen molar-refractivity contribution in [3.8, 4) is 0 Å². The second-order valence-electron chi connectivity index (χ2n) is 5.49. The Balaban J connectivity index is 1.49. The van der Waals surface area contributed by atoms with Gasteiger partial charge in [0.25, 0.3) is 0 Å². The third-order valence-electron chi connectivity index (χ3n) is 3.92. The lowest BCUT2D eigenvalue weighted by molar-refractivity contribution is 0.0690. The summed E-state index contributed by atoms with van der Waals surface area (Å²) in [6, 6.07) is 2.62. The van der Waals surface area contributed by atoms with E-state index >= 15 is 0 Å². The van der Waals surface area contributed by atoms with E-state index in [1.54, 1.807) is 0 Å². The summed E-state index contributed by atoms with van der Waals surface area (Å²) in [5.41, 5.74) is 0.996. The molecule has 0 saturated heterocycles. The van der Waals surface area contributed by atoms with Gasteiger partial charge in [0.2, 0.25) is 0 Å². The van der Waals surface area contributed by atoms with Crippen LogP contribution in [0.5, 0.6) is 0 Å². The molecule has 2 aromatic rings. The van der Waals surface area contributed by atoms with E-state index in [4.69, 9.17) is 5.11 Å². The van der Waals surface area contributed by atoms with Crippen molar-refractivity contribution in [2.24, 2.45) is 0 Å². The number of hydrogen-bond donors (Lipinski definition) is 2. The molecule has 2 N–H and O–H groups in total. The van der Waals surface area contributed by atoms with Gasteiger partial charge in [-0.3, -0.25) is 4.68 Å². The van der Waals surface area contributed by atoms with E-state index in [9.17, 15) is 4.79 Å². The van der Waals surface area contributed by atoms with Gasteiger partial charge in [-0.05, 0) is 18.9 Å². The van der Waals surface area contributed by atoms with E-state index in [2.05, 4.69) is 37.3 Å². The zero-order valence-corrected chi connectivity index (χ0v) is 12.3. The van der Waals surface area contributed by atoms with Crippen LogP contribution in [0.2, 0.25) is 0 Å². The Morgan fingerprint density at radius 1 is 1.32 bits per heavy atom. The van der Waals surface area contributed by atoms with Crippen molar-refractivity contribution in [2.45, 2.75) is 38.1 Å². The van der Waals surface area contributed by atoms with Crippen molar-refractivity contribution in [1.82, 2.24) is 19.7 Å². The molecule has 1 aliphatic carbocycles. The smallest absolute Gasteiger partial charge is 0.356 e. The first-order chi connectivity index (χ1) is 10.7. The first-order valence-electron chi connectivity index (χ1n) is 7.55. The molecule has 116 valence electrons. The second-order valence-corrected chi connectivity index (χ2v) is 5.49. The van der Waals surface area contributed by atoms with Gasteiger partial charge in [-0.25, -0.2) is 14.8 Å². The van der Waals surface area contributed by atoms with E-state index in [1.165, 1.54) is 38.1 Å². The maximum atomic E-state index is 10.7. The molecule has 7 heteroatoms. The summed E-state index contributed by atoms with van der Waals surface area (Å²) in [6.07, 6.45) is 10.6. The normalized spacial score (nSPS) is 15.1. The molecule has 0 spiro atoms. The molecule has 2 aromatic heterocycles. The Kier molecular flexibility index (Phi) is 4.32. The van der Waals surface area contributed by atoms with E-state index < -0.39 is 5.97 Å². The summed E-state index contributed by atoms with van der Waals surface area (Å²) in [7, 11) is 0. The summed E-state index contributed by atoms with van der Waals surface area (Å²) < 4.78 is 2.09. The van der Waals surface area contributed by atoms with Crippen LogP contribution in [-0.4, -0.2) is 37.4 Å². The lowest BCUT2D eigenvalue weighted by Crippen LogP contribution is -2.10. The highest BCUT2D eigenvalue weighted by Gasteiger charge is 2.17. The van der Waals surface area contributed by atoms with Crippen LogP contribution >= 0.6 is 0 Å². The average molecular weight is 301 g/mol. The van der Waals surface area contributed by atoms with Gasteiger partial charge < -0.3 is 10.4 Å². The van der Waals surface area contributed by atoms with Crippen molar-refractivity contribution >= 4 is 11.8 Å². The molecule has 0 aromatic carbocycles. The van der Waals surface area contributed by atoms with Gasteiger partial charge in [0.15, 0.2) is 5.69 Å². The number of carboxylic acids is 1. The number of nitrogens with one attached hydrogen (secondary N) is 1. The Morgan fingerprint density at radius 3 is 2.82 bits per heavy atom. The van der Waals surface area contributed by atoms with Crippen LogP contribution in [0.3, 0.4) is 0 Å². The van der Waals surface area contributed by atoms with Gasteiger partial charge in [0.05, 0.1) is 24.1 Å². The Morgan fingerprint density at radius 2 is 2.14 bits per heavy atom. The maximum Gasteiger partial charge on any atom is 0.356 e. The highest BCUT2D eigenvalue weighted by atomic mass is 16.4. The molecule has 0 bridgehead atoms. The van der Waals surface area contributed by atoms with Crippen molar-refractivity contribution in [3.05, 3.63) is 36.0 Å². The maximum absolute atomic E-state index is 10.7. The molecule has 3 rings (SSSR count). The van der Waals surface area contributed by atoms with Crippen LogP contribution in [0.25, 0.3) is 0 Å². The average Bonchev–Trinajstić information content (AvgIpc) is 3.19. The zero-order valence-electron chi connectivity index (χ0n) is 12.3. The lowest BCUT2D eigenvalue weighted by Gasteiger charge is -2.09. The third-order valence-corrected chi connectivity index (χ3v) is 3.92. The highest BCUT2D eigenvalue weighted by Crippen LogP contribution is 2.28. The number of rotatable bonds is 6. The number of nitrogens with zero attached hydrogens (tertiary/aromatic N) is 4. The molecule has 0 atom stereocenters. The van der Waals surface area contributed by atoms with Crippen molar-refractivity contribution in [3.63, 3.8) is 0 Å². The predicted molar refractivity (Wildman–Crippen MR) is 80.9 cm³/mol. The number of carbonyl (C=O) groups is 1. The molecule has 0 aliphatic heterocycles. The zero-order chi connectivity index (χ0) is 15.4. The molecule has 1 aliphatic rings. The van der Waals surface area contributed by atoms with E-state index in [-0.39, 0.29) is 5.69 Å². The SMILES string of the molecule is O=C(O)c1cnc(NCCc2ccn(C3CCCC3)n2)cn1. The Labute approximate surface area is 128 Å². The van der Waals surface area contributed by atoms with Crippen molar-refractivity contribution in [1.29, 1.82) is 0 Å². The van der Waals surface area contributed by atoms with Crippen LogP contribution in [-0.2, 0) is 6.42 Å².